The summed E-state index contributed by atoms with van der Waals surface area (Å²) in [6, 6.07) is 0. The first-order chi connectivity index (χ1) is 6.93. The highest BCUT2D eigenvalue weighted by Crippen LogP contribution is 2.21. The van der Waals surface area contributed by atoms with Crippen LogP contribution in [-0.2, 0) is 6.54 Å². The van der Waals surface area contributed by atoms with Gasteiger partial charge in [0.1, 0.15) is 0 Å². The van der Waals surface area contributed by atoms with Gasteiger partial charge in [-0.25, -0.2) is 4.98 Å². The van der Waals surface area contributed by atoms with Crippen LogP contribution in [0.5, 0.6) is 0 Å². The van der Waals surface area contributed by atoms with Crippen molar-refractivity contribution < 1.29 is 0 Å². The topological polar surface area (TPSA) is 42.2 Å². The monoisotopic (exact) mass is 247 g/mol. The van der Waals surface area contributed by atoms with Crippen LogP contribution >= 0.6 is 22.9 Å². The molecule has 1 aromatic heterocycles. The molecule has 2 N–H and O–H groups in total. The van der Waals surface area contributed by atoms with Crippen molar-refractivity contribution in [2.45, 2.75) is 20.4 Å². The highest BCUT2D eigenvalue weighted by Gasteiger charge is 2.18. The van der Waals surface area contributed by atoms with Gasteiger partial charge in [0.25, 0.3) is 0 Å². The number of nitrogens with two attached hydrogens (primary N) is 1. The van der Waals surface area contributed by atoms with Crippen molar-refractivity contribution in [3.05, 3.63) is 15.5 Å². The van der Waals surface area contributed by atoms with E-state index < -0.39 is 0 Å². The first kappa shape index (κ1) is 12.9. The summed E-state index contributed by atoms with van der Waals surface area (Å²) in [4.78, 5) is 7.46. The third-order valence-corrected chi connectivity index (χ3v) is 3.30. The lowest BCUT2D eigenvalue weighted by molar-refractivity contribution is 0.211. The van der Waals surface area contributed by atoms with Gasteiger partial charge in [-0.3, -0.25) is 0 Å². The largest absolute Gasteiger partial charge is 0.330 e. The van der Waals surface area contributed by atoms with Gasteiger partial charge in [0.05, 0.1) is 0 Å². The van der Waals surface area contributed by atoms with E-state index in [1.165, 1.54) is 16.2 Å². The zero-order valence-corrected chi connectivity index (χ0v) is 11.0. The molecule has 1 rings (SSSR count). The maximum Gasteiger partial charge on any atom is 0.183 e. The third kappa shape index (κ3) is 4.47. The van der Waals surface area contributed by atoms with Crippen molar-refractivity contribution in [3.63, 3.8) is 0 Å². The average Bonchev–Trinajstić information content (AvgIpc) is 2.50. The van der Waals surface area contributed by atoms with E-state index in [-0.39, 0.29) is 5.41 Å². The van der Waals surface area contributed by atoms with Gasteiger partial charge >= 0.3 is 0 Å². The molecule has 3 nitrogen and oxygen atoms in total. The van der Waals surface area contributed by atoms with E-state index in [0.717, 1.165) is 13.1 Å². The Morgan fingerprint density at radius 3 is 2.73 bits per heavy atom. The van der Waals surface area contributed by atoms with E-state index >= 15 is 0 Å². The summed E-state index contributed by atoms with van der Waals surface area (Å²) in [7, 11) is 2.09. The van der Waals surface area contributed by atoms with Crippen LogP contribution in [0, 0.1) is 5.41 Å². The standard InChI is InChI=1S/C10H18ClN3S/c1-10(2,6-12)7-14(3)5-8-4-13-9(11)15-8/h4H,5-7,12H2,1-3H3. The molecule has 0 atom stereocenters. The molecule has 0 aliphatic carbocycles. The molecule has 0 saturated heterocycles. The van der Waals surface area contributed by atoms with E-state index in [2.05, 4.69) is 30.8 Å². The molecule has 0 fully saturated rings. The summed E-state index contributed by atoms with van der Waals surface area (Å²) >= 11 is 7.30. The van der Waals surface area contributed by atoms with E-state index in [4.69, 9.17) is 17.3 Å². The first-order valence-corrected chi connectivity index (χ1v) is 6.11. The molecule has 1 heterocycles. The maximum absolute atomic E-state index is 5.77. The second-order valence-corrected chi connectivity index (χ2v) is 6.32. The SMILES string of the molecule is CN(Cc1cnc(Cl)s1)CC(C)(C)CN. The maximum atomic E-state index is 5.77. The fourth-order valence-corrected chi connectivity index (χ4v) is 2.53. The van der Waals surface area contributed by atoms with Crippen LogP contribution in [0.25, 0.3) is 0 Å². The molecule has 0 bridgehead atoms. The van der Waals surface area contributed by atoms with E-state index in [1.807, 2.05) is 6.20 Å². The molecule has 0 amide bonds. The predicted octanol–water partition coefficient (Wildman–Crippen LogP) is 2.21. The van der Waals surface area contributed by atoms with Crippen molar-refractivity contribution >= 4 is 22.9 Å². The number of nitrogens with zero attached hydrogens (tertiary/aromatic N) is 2. The molecular formula is C10H18ClN3S. The lowest BCUT2D eigenvalue weighted by Gasteiger charge is -2.28. The average molecular weight is 248 g/mol. The summed E-state index contributed by atoms with van der Waals surface area (Å²) < 4.78 is 0.608. The van der Waals surface area contributed by atoms with Crippen LogP contribution in [-0.4, -0.2) is 30.0 Å². The first-order valence-electron chi connectivity index (χ1n) is 4.92. The number of hydrogen-bond acceptors (Lipinski definition) is 4. The van der Waals surface area contributed by atoms with Crippen molar-refractivity contribution in [2.75, 3.05) is 20.1 Å². The van der Waals surface area contributed by atoms with Gasteiger partial charge in [-0.15, -0.1) is 11.3 Å². The highest BCUT2D eigenvalue weighted by molar-refractivity contribution is 7.15. The minimum atomic E-state index is 0.156. The molecule has 86 valence electrons. The van der Waals surface area contributed by atoms with Crippen molar-refractivity contribution in [1.29, 1.82) is 0 Å². The number of aromatic nitrogens is 1. The molecule has 0 aliphatic heterocycles. The van der Waals surface area contributed by atoms with Crippen LogP contribution in [0.15, 0.2) is 6.20 Å². The smallest absolute Gasteiger partial charge is 0.183 e. The zero-order valence-electron chi connectivity index (χ0n) is 9.46. The Bertz CT molecular complexity index is 311. The molecule has 0 radical (unpaired) electrons. The summed E-state index contributed by atoms with van der Waals surface area (Å²) in [5.74, 6) is 0. The molecule has 15 heavy (non-hydrogen) atoms. The molecule has 0 saturated carbocycles. The second kappa shape index (κ2) is 5.25. The minimum absolute atomic E-state index is 0.156. The fraction of sp³-hybridized carbons (Fsp3) is 0.700. The van der Waals surface area contributed by atoms with Crippen LogP contribution in [0.3, 0.4) is 0 Å². The number of rotatable bonds is 5. The van der Waals surface area contributed by atoms with Gasteiger partial charge in [-0.05, 0) is 19.0 Å². The number of thiazole rings is 1. The fourth-order valence-electron chi connectivity index (χ4n) is 1.47. The highest BCUT2D eigenvalue weighted by atomic mass is 35.5. The Balaban J connectivity index is 2.46. The van der Waals surface area contributed by atoms with Crippen LogP contribution in [0.4, 0.5) is 0 Å². The minimum Gasteiger partial charge on any atom is -0.330 e. The predicted molar refractivity (Wildman–Crippen MR) is 66.3 cm³/mol. The Labute approximate surface area is 100 Å². The van der Waals surface area contributed by atoms with Crippen LogP contribution in [0.1, 0.15) is 18.7 Å². The van der Waals surface area contributed by atoms with Crippen molar-refractivity contribution in [3.8, 4) is 0 Å². The van der Waals surface area contributed by atoms with Gasteiger partial charge in [0, 0.05) is 24.2 Å². The number of hydrogen-bond donors (Lipinski definition) is 1. The van der Waals surface area contributed by atoms with Gasteiger partial charge in [-0.1, -0.05) is 25.4 Å². The van der Waals surface area contributed by atoms with Crippen molar-refractivity contribution in [2.24, 2.45) is 11.1 Å². The number of halogens is 1. The van der Waals surface area contributed by atoms with Gasteiger partial charge < -0.3 is 10.6 Å². The Kier molecular flexibility index (Phi) is 4.52. The van der Waals surface area contributed by atoms with Gasteiger partial charge in [0.2, 0.25) is 0 Å². The third-order valence-electron chi connectivity index (χ3n) is 2.20. The Hall–Kier alpha value is -0.160. The van der Waals surface area contributed by atoms with Crippen LogP contribution < -0.4 is 5.73 Å². The molecule has 1 aromatic rings. The Morgan fingerprint density at radius 1 is 1.60 bits per heavy atom. The Morgan fingerprint density at radius 2 is 2.27 bits per heavy atom. The van der Waals surface area contributed by atoms with E-state index in [9.17, 15) is 0 Å². The van der Waals surface area contributed by atoms with Gasteiger partial charge in [0.15, 0.2) is 4.47 Å². The molecule has 0 aliphatic rings. The molecule has 0 aromatic carbocycles. The summed E-state index contributed by atoms with van der Waals surface area (Å²) in [6.07, 6.45) is 1.83. The lowest BCUT2D eigenvalue weighted by Crippen LogP contribution is -2.36. The lowest BCUT2D eigenvalue weighted by atomic mass is 9.93. The summed E-state index contributed by atoms with van der Waals surface area (Å²) in [5.41, 5.74) is 5.85. The molecule has 0 spiro atoms. The van der Waals surface area contributed by atoms with E-state index in [1.54, 1.807) is 0 Å². The quantitative estimate of drug-likeness (QED) is 0.868. The van der Waals surface area contributed by atoms with Crippen molar-refractivity contribution in [1.82, 2.24) is 9.88 Å². The van der Waals surface area contributed by atoms with Crippen LogP contribution in [0.2, 0.25) is 4.47 Å². The normalized spacial score (nSPS) is 12.4. The molecular weight excluding hydrogens is 230 g/mol. The summed E-state index contributed by atoms with van der Waals surface area (Å²) in [5, 5.41) is 0. The molecule has 0 unspecified atom stereocenters. The van der Waals surface area contributed by atoms with Gasteiger partial charge in [-0.2, -0.15) is 0 Å². The second-order valence-electron chi connectivity index (χ2n) is 4.62. The zero-order chi connectivity index (χ0) is 11.5. The summed E-state index contributed by atoms with van der Waals surface area (Å²) in [6.45, 7) is 6.89. The molecule has 5 heteroatoms. The van der Waals surface area contributed by atoms with E-state index in [0.29, 0.717) is 11.0 Å².